The lowest BCUT2D eigenvalue weighted by atomic mass is 9.77. The van der Waals surface area contributed by atoms with Crippen LogP contribution in [0.5, 0.6) is 5.75 Å². The number of carboxylic acids is 1. The van der Waals surface area contributed by atoms with E-state index < -0.39 is 5.97 Å². The Balaban J connectivity index is 1.78. The molecule has 0 saturated heterocycles. The van der Waals surface area contributed by atoms with Crippen molar-refractivity contribution in [3.05, 3.63) is 47.5 Å². The summed E-state index contributed by atoms with van der Waals surface area (Å²) in [6.45, 7) is 4.25. The summed E-state index contributed by atoms with van der Waals surface area (Å²) in [5.41, 5.74) is 5.32. The number of ether oxygens (including phenoxy) is 1. The van der Waals surface area contributed by atoms with Crippen LogP contribution in [-0.4, -0.2) is 37.9 Å². The van der Waals surface area contributed by atoms with Crippen molar-refractivity contribution in [3.63, 3.8) is 0 Å². The van der Waals surface area contributed by atoms with E-state index in [0.29, 0.717) is 29.9 Å². The molecule has 0 aliphatic heterocycles. The zero-order valence-corrected chi connectivity index (χ0v) is 18.9. The average Bonchev–Trinajstić information content (AvgIpc) is 3.38. The molecule has 1 saturated carbocycles. The van der Waals surface area contributed by atoms with Crippen LogP contribution in [0.1, 0.15) is 62.6 Å². The summed E-state index contributed by atoms with van der Waals surface area (Å²) in [5.74, 6) is -0.618. The largest absolute Gasteiger partial charge is 0.497 e. The fraction of sp³-hybridized carbons (Fsp3) is 0.400. The number of pyridine rings is 1. The van der Waals surface area contributed by atoms with Crippen LogP contribution in [0.2, 0.25) is 0 Å². The van der Waals surface area contributed by atoms with Crippen LogP contribution in [0, 0.1) is 11.7 Å². The molecule has 1 fully saturated rings. The van der Waals surface area contributed by atoms with Crippen molar-refractivity contribution in [2.75, 3.05) is 7.11 Å². The summed E-state index contributed by atoms with van der Waals surface area (Å²) in [6.07, 6.45) is 4.59. The summed E-state index contributed by atoms with van der Waals surface area (Å²) in [5, 5.41) is 17.4. The third kappa shape index (κ3) is 3.63. The maximum absolute atomic E-state index is 14.5. The van der Waals surface area contributed by atoms with Gasteiger partial charge in [0.05, 0.1) is 35.9 Å². The number of benzene rings is 1. The summed E-state index contributed by atoms with van der Waals surface area (Å²) in [4.78, 5) is 16.4. The van der Waals surface area contributed by atoms with Crippen molar-refractivity contribution in [2.24, 2.45) is 5.92 Å². The number of aromatic nitrogens is 4. The first kappa shape index (κ1) is 21.4. The first-order valence-corrected chi connectivity index (χ1v) is 11.3. The van der Waals surface area contributed by atoms with Crippen LogP contribution in [0.4, 0.5) is 4.39 Å². The van der Waals surface area contributed by atoms with E-state index in [2.05, 4.69) is 28.6 Å². The molecule has 33 heavy (non-hydrogen) atoms. The van der Waals surface area contributed by atoms with Gasteiger partial charge in [0, 0.05) is 28.8 Å². The van der Waals surface area contributed by atoms with Crippen molar-refractivity contribution in [1.82, 2.24) is 19.7 Å². The number of carboxylic acid groups (broad SMARTS) is 1. The Labute approximate surface area is 190 Å². The van der Waals surface area contributed by atoms with E-state index in [9.17, 15) is 14.3 Å². The maximum Gasteiger partial charge on any atom is 0.306 e. The summed E-state index contributed by atoms with van der Waals surface area (Å²) in [7, 11) is 1.53. The zero-order chi connectivity index (χ0) is 23.3. The van der Waals surface area contributed by atoms with Crippen molar-refractivity contribution >= 4 is 28.0 Å². The monoisotopic (exact) mass is 450 g/mol. The number of nitrogens with zero attached hydrogens (tertiary/aromatic N) is 3. The van der Waals surface area contributed by atoms with Crippen molar-refractivity contribution in [2.45, 2.75) is 51.4 Å². The third-order valence-corrected chi connectivity index (χ3v) is 6.80. The maximum atomic E-state index is 14.5. The van der Waals surface area contributed by atoms with E-state index in [1.165, 1.54) is 19.2 Å². The number of hydrogen-bond acceptors (Lipinski definition) is 4. The number of fused-ring (bicyclic) bond motifs is 2. The van der Waals surface area contributed by atoms with Crippen molar-refractivity contribution in [1.29, 1.82) is 0 Å². The average molecular weight is 451 g/mol. The highest BCUT2D eigenvalue weighted by Crippen LogP contribution is 2.45. The first-order valence-electron chi connectivity index (χ1n) is 11.3. The molecule has 0 atom stereocenters. The Morgan fingerprint density at radius 1 is 1.21 bits per heavy atom. The molecule has 0 radical (unpaired) electrons. The van der Waals surface area contributed by atoms with Crippen LogP contribution < -0.4 is 4.74 Å². The molecule has 4 aromatic rings. The second-order valence-electron chi connectivity index (χ2n) is 9.19. The molecule has 172 valence electrons. The molecule has 1 aliphatic carbocycles. The molecule has 8 heteroatoms. The third-order valence-electron chi connectivity index (χ3n) is 6.80. The van der Waals surface area contributed by atoms with Gasteiger partial charge in [-0.25, -0.2) is 9.37 Å². The van der Waals surface area contributed by atoms with E-state index in [1.807, 2.05) is 12.1 Å². The fourth-order valence-electron chi connectivity index (χ4n) is 5.28. The van der Waals surface area contributed by atoms with E-state index in [1.54, 1.807) is 6.20 Å². The van der Waals surface area contributed by atoms with Crippen LogP contribution in [0.15, 0.2) is 30.5 Å². The molecular weight excluding hydrogens is 423 g/mol. The van der Waals surface area contributed by atoms with E-state index in [4.69, 9.17) is 9.72 Å². The lowest BCUT2D eigenvalue weighted by molar-refractivity contribution is -0.142. The Kier molecular flexibility index (Phi) is 5.31. The van der Waals surface area contributed by atoms with Gasteiger partial charge >= 0.3 is 5.97 Å². The quantitative estimate of drug-likeness (QED) is 0.417. The normalized spacial score (nSPS) is 18.9. The molecular formula is C25H27FN4O3. The van der Waals surface area contributed by atoms with Crippen LogP contribution in [0.3, 0.4) is 0 Å². The second kappa shape index (κ2) is 8.17. The molecule has 0 unspecified atom stereocenters. The standard InChI is InChI=1S/C25H27FN4O3/c1-13(2)23-21(14-4-6-15(7-5-14)25(31)32)22-20(8-16-12-27-29-24(16)28-22)30(23)18-9-17(26)10-19(11-18)33-3/h8-15H,4-7H2,1-3H3,(H,31,32)(H,27,28,29). The van der Waals surface area contributed by atoms with Gasteiger partial charge in [-0.3, -0.25) is 9.89 Å². The minimum absolute atomic E-state index is 0.136. The smallest absolute Gasteiger partial charge is 0.306 e. The van der Waals surface area contributed by atoms with Crippen LogP contribution >= 0.6 is 0 Å². The number of methoxy groups -OCH3 is 1. The van der Waals surface area contributed by atoms with Gasteiger partial charge < -0.3 is 14.4 Å². The first-order chi connectivity index (χ1) is 15.9. The molecule has 0 bridgehead atoms. The number of rotatable bonds is 5. The highest BCUT2D eigenvalue weighted by atomic mass is 19.1. The Hall–Kier alpha value is -3.42. The predicted molar refractivity (Wildman–Crippen MR) is 124 cm³/mol. The lowest BCUT2D eigenvalue weighted by Crippen LogP contribution is -2.21. The molecule has 3 aromatic heterocycles. The van der Waals surface area contributed by atoms with E-state index in [-0.39, 0.29) is 23.6 Å². The predicted octanol–water partition coefficient (Wildman–Crippen LogP) is 5.53. The van der Waals surface area contributed by atoms with E-state index in [0.717, 1.165) is 40.5 Å². The van der Waals surface area contributed by atoms with Crippen LogP contribution in [0.25, 0.3) is 27.8 Å². The van der Waals surface area contributed by atoms with Gasteiger partial charge in [0.15, 0.2) is 5.65 Å². The molecule has 0 spiro atoms. The molecule has 0 amide bonds. The van der Waals surface area contributed by atoms with Gasteiger partial charge in [0.2, 0.25) is 0 Å². The molecule has 5 rings (SSSR count). The summed E-state index contributed by atoms with van der Waals surface area (Å²) >= 11 is 0. The Bertz CT molecular complexity index is 1350. The Morgan fingerprint density at radius 3 is 2.64 bits per heavy atom. The Morgan fingerprint density at radius 2 is 1.97 bits per heavy atom. The number of hydrogen-bond donors (Lipinski definition) is 2. The summed E-state index contributed by atoms with van der Waals surface area (Å²) < 4.78 is 22.0. The molecule has 7 nitrogen and oxygen atoms in total. The van der Waals surface area contributed by atoms with Gasteiger partial charge in [0.25, 0.3) is 0 Å². The van der Waals surface area contributed by atoms with Crippen LogP contribution in [-0.2, 0) is 4.79 Å². The lowest BCUT2D eigenvalue weighted by Gasteiger charge is -2.28. The van der Waals surface area contributed by atoms with Gasteiger partial charge in [-0.2, -0.15) is 5.10 Å². The number of nitrogens with one attached hydrogen (secondary N) is 1. The number of aliphatic carboxylic acids is 1. The number of aromatic amines is 1. The minimum atomic E-state index is -0.718. The van der Waals surface area contributed by atoms with Gasteiger partial charge in [-0.1, -0.05) is 13.8 Å². The highest BCUT2D eigenvalue weighted by molar-refractivity contribution is 5.93. The molecule has 2 N–H and O–H groups in total. The van der Waals surface area contributed by atoms with Gasteiger partial charge in [0.1, 0.15) is 11.6 Å². The summed E-state index contributed by atoms with van der Waals surface area (Å²) in [6, 6.07) is 6.75. The number of carbonyl (C=O) groups is 1. The number of halogens is 1. The SMILES string of the molecule is COc1cc(F)cc(-n2c(C(C)C)c(C3CCC(C(=O)O)CC3)c3nc4[nH]ncc4cc32)c1. The zero-order valence-electron chi connectivity index (χ0n) is 18.9. The van der Waals surface area contributed by atoms with E-state index >= 15 is 0 Å². The topological polar surface area (TPSA) is 93.0 Å². The van der Waals surface area contributed by atoms with Gasteiger partial charge in [-0.15, -0.1) is 0 Å². The highest BCUT2D eigenvalue weighted by Gasteiger charge is 2.33. The fourth-order valence-corrected chi connectivity index (χ4v) is 5.28. The molecule has 1 aliphatic rings. The minimum Gasteiger partial charge on any atom is -0.497 e. The molecule has 3 heterocycles. The van der Waals surface area contributed by atoms with Crippen molar-refractivity contribution in [3.8, 4) is 11.4 Å². The molecule has 1 aromatic carbocycles. The van der Waals surface area contributed by atoms with Gasteiger partial charge in [-0.05, 0) is 49.7 Å². The second-order valence-corrected chi connectivity index (χ2v) is 9.19. The van der Waals surface area contributed by atoms with Crippen molar-refractivity contribution < 1.29 is 19.0 Å². The number of H-pyrrole nitrogens is 1.